The molecule has 0 aromatic rings. The Bertz CT molecular complexity index is 521. The molecule has 0 fully saturated rings. The molecular weight excluding hydrogens is 518 g/mol. The van der Waals surface area contributed by atoms with Crippen molar-refractivity contribution in [1.82, 2.24) is 15.5 Å². The van der Waals surface area contributed by atoms with Crippen LogP contribution >= 0.6 is 0 Å². The highest BCUT2D eigenvalue weighted by atomic mass is 16.2. The van der Waals surface area contributed by atoms with E-state index in [2.05, 4.69) is 36.4 Å². The van der Waals surface area contributed by atoms with Crippen molar-refractivity contribution in [3.8, 4) is 0 Å². The highest BCUT2D eigenvalue weighted by Crippen LogP contribution is 2.14. The molecule has 0 aromatic heterocycles. The number of rotatable bonds is 34. The van der Waals surface area contributed by atoms with Crippen molar-refractivity contribution in [3.63, 3.8) is 0 Å². The predicted octanol–water partition coefficient (Wildman–Crippen LogP) is 10.1. The molecule has 2 amide bonds. The van der Waals surface area contributed by atoms with E-state index in [1.807, 2.05) is 0 Å². The average molecular weight is 594 g/mol. The maximum absolute atomic E-state index is 12.1. The van der Waals surface area contributed by atoms with Gasteiger partial charge in [0.2, 0.25) is 11.8 Å². The van der Waals surface area contributed by atoms with Crippen LogP contribution in [0.1, 0.15) is 194 Å². The van der Waals surface area contributed by atoms with E-state index in [1.165, 1.54) is 154 Å². The summed E-state index contributed by atoms with van der Waals surface area (Å²) in [6.45, 7) is 7.55. The molecule has 0 unspecified atom stereocenters. The number of amides is 2. The van der Waals surface area contributed by atoms with E-state index in [0.29, 0.717) is 25.9 Å². The van der Waals surface area contributed by atoms with E-state index in [1.54, 1.807) is 0 Å². The average Bonchev–Trinajstić information content (AvgIpc) is 2.98. The molecule has 0 aromatic carbocycles. The highest BCUT2D eigenvalue weighted by Gasteiger charge is 2.05. The van der Waals surface area contributed by atoms with Crippen LogP contribution in [0.5, 0.6) is 0 Å². The normalized spacial score (nSPS) is 11.3. The van der Waals surface area contributed by atoms with Crippen LogP contribution in [0.15, 0.2) is 0 Å². The molecule has 0 saturated heterocycles. The molecule has 0 aliphatic heterocycles. The van der Waals surface area contributed by atoms with Crippen LogP contribution in [0.3, 0.4) is 0 Å². The molecule has 0 atom stereocenters. The molecular formula is C37H75N3O2. The molecule has 250 valence electrons. The first-order valence-corrected chi connectivity index (χ1v) is 18.8. The Labute approximate surface area is 263 Å². The summed E-state index contributed by atoms with van der Waals surface area (Å²) < 4.78 is 0. The Kier molecular flexibility index (Phi) is 33.5. The minimum Gasteiger partial charge on any atom is -0.355 e. The molecule has 2 N–H and O–H groups in total. The van der Waals surface area contributed by atoms with Crippen molar-refractivity contribution in [2.45, 2.75) is 194 Å². The van der Waals surface area contributed by atoms with Crippen LogP contribution in [-0.2, 0) is 9.59 Å². The van der Waals surface area contributed by atoms with Gasteiger partial charge in [-0.3, -0.25) is 9.59 Å². The summed E-state index contributed by atoms with van der Waals surface area (Å²) in [6, 6.07) is 0. The topological polar surface area (TPSA) is 61.4 Å². The first kappa shape index (κ1) is 40.9. The third-order valence-corrected chi connectivity index (χ3v) is 8.65. The molecule has 0 spiro atoms. The Hall–Kier alpha value is -1.10. The Balaban J connectivity index is 3.37. The molecule has 5 nitrogen and oxygen atoms in total. The van der Waals surface area contributed by atoms with Crippen LogP contribution < -0.4 is 10.6 Å². The summed E-state index contributed by atoms with van der Waals surface area (Å²) in [5, 5.41) is 6.11. The van der Waals surface area contributed by atoms with Crippen LogP contribution in [0.25, 0.3) is 0 Å². The van der Waals surface area contributed by atoms with Gasteiger partial charge in [0.1, 0.15) is 0 Å². The second-order valence-electron chi connectivity index (χ2n) is 13.0. The van der Waals surface area contributed by atoms with Gasteiger partial charge in [0.05, 0.1) is 0 Å². The van der Waals surface area contributed by atoms with E-state index in [4.69, 9.17) is 0 Å². The zero-order chi connectivity index (χ0) is 30.8. The van der Waals surface area contributed by atoms with E-state index < -0.39 is 0 Å². The lowest BCUT2D eigenvalue weighted by atomic mass is 10.0. The van der Waals surface area contributed by atoms with Gasteiger partial charge in [0.15, 0.2) is 0 Å². The first-order chi connectivity index (χ1) is 20.6. The van der Waals surface area contributed by atoms with Crippen molar-refractivity contribution in [2.75, 3.05) is 33.2 Å². The van der Waals surface area contributed by atoms with E-state index >= 15 is 0 Å². The lowest BCUT2D eigenvalue weighted by Crippen LogP contribution is -2.37. The SMILES string of the molecule is CCCCCCCCCCCCCCCC(=O)NCCN(C)CCNC(=O)CCCCCCCCCCCCCCC. The molecule has 0 radical (unpaired) electrons. The number of hydrogen-bond donors (Lipinski definition) is 2. The van der Waals surface area contributed by atoms with Crippen molar-refractivity contribution >= 4 is 11.8 Å². The van der Waals surface area contributed by atoms with Crippen molar-refractivity contribution < 1.29 is 9.59 Å². The molecule has 0 aliphatic rings. The fourth-order valence-corrected chi connectivity index (χ4v) is 5.67. The minimum atomic E-state index is 0.178. The second-order valence-corrected chi connectivity index (χ2v) is 13.0. The zero-order valence-corrected chi connectivity index (χ0v) is 28.9. The largest absolute Gasteiger partial charge is 0.355 e. The second kappa shape index (κ2) is 34.4. The maximum atomic E-state index is 12.1. The standard InChI is InChI=1S/C37H75N3O2/c1-4-6-8-10-12-14-16-18-20-22-24-26-28-30-36(41)38-32-34-40(3)35-33-39-37(42)31-29-27-25-23-21-19-17-15-13-11-9-7-5-2/h4-35H2,1-3H3,(H,38,41)(H,39,42). The van der Waals surface area contributed by atoms with Gasteiger partial charge in [-0.25, -0.2) is 0 Å². The Morgan fingerprint density at radius 1 is 0.405 bits per heavy atom. The summed E-state index contributed by atoms with van der Waals surface area (Å²) in [6.07, 6.45) is 35.9. The van der Waals surface area contributed by atoms with Crippen molar-refractivity contribution in [3.05, 3.63) is 0 Å². The van der Waals surface area contributed by atoms with Gasteiger partial charge in [-0.05, 0) is 19.9 Å². The van der Waals surface area contributed by atoms with Crippen LogP contribution in [0.4, 0.5) is 0 Å². The van der Waals surface area contributed by atoms with E-state index in [0.717, 1.165) is 25.9 Å². The Morgan fingerprint density at radius 2 is 0.643 bits per heavy atom. The van der Waals surface area contributed by atoms with Crippen LogP contribution in [0.2, 0.25) is 0 Å². The fraction of sp³-hybridized carbons (Fsp3) is 0.946. The number of hydrogen-bond acceptors (Lipinski definition) is 3. The maximum Gasteiger partial charge on any atom is 0.220 e. The Morgan fingerprint density at radius 3 is 0.905 bits per heavy atom. The fourth-order valence-electron chi connectivity index (χ4n) is 5.67. The van der Waals surface area contributed by atoms with E-state index in [-0.39, 0.29) is 11.8 Å². The lowest BCUT2D eigenvalue weighted by Gasteiger charge is -2.17. The third kappa shape index (κ3) is 33.4. The van der Waals surface area contributed by atoms with Gasteiger partial charge in [0.25, 0.3) is 0 Å². The quantitative estimate of drug-likeness (QED) is 0.0730. The molecule has 0 saturated carbocycles. The highest BCUT2D eigenvalue weighted by molar-refractivity contribution is 5.76. The van der Waals surface area contributed by atoms with Crippen molar-refractivity contribution in [2.24, 2.45) is 0 Å². The number of carbonyl (C=O) groups is 2. The third-order valence-electron chi connectivity index (χ3n) is 8.65. The van der Waals surface area contributed by atoms with Gasteiger partial charge in [-0.15, -0.1) is 0 Å². The van der Waals surface area contributed by atoms with Crippen LogP contribution in [-0.4, -0.2) is 49.9 Å². The van der Waals surface area contributed by atoms with E-state index in [9.17, 15) is 9.59 Å². The lowest BCUT2D eigenvalue weighted by molar-refractivity contribution is -0.121. The van der Waals surface area contributed by atoms with Gasteiger partial charge in [-0.2, -0.15) is 0 Å². The number of nitrogens with zero attached hydrogens (tertiary/aromatic N) is 1. The first-order valence-electron chi connectivity index (χ1n) is 18.8. The van der Waals surface area contributed by atoms with Gasteiger partial charge >= 0.3 is 0 Å². The molecule has 0 bridgehead atoms. The van der Waals surface area contributed by atoms with Crippen molar-refractivity contribution in [1.29, 1.82) is 0 Å². The smallest absolute Gasteiger partial charge is 0.220 e. The molecule has 42 heavy (non-hydrogen) atoms. The van der Waals surface area contributed by atoms with Gasteiger partial charge < -0.3 is 15.5 Å². The summed E-state index contributed by atoms with van der Waals surface area (Å²) in [4.78, 5) is 26.4. The number of nitrogens with one attached hydrogen (secondary N) is 2. The monoisotopic (exact) mass is 594 g/mol. The summed E-state index contributed by atoms with van der Waals surface area (Å²) in [7, 11) is 2.05. The number of likely N-dealkylation sites (N-methyl/N-ethyl adjacent to an activating group) is 1. The predicted molar refractivity (Wildman–Crippen MR) is 184 cm³/mol. The van der Waals surface area contributed by atoms with Gasteiger partial charge in [0, 0.05) is 39.0 Å². The molecule has 0 heterocycles. The summed E-state index contributed by atoms with van der Waals surface area (Å²) in [5.74, 6) is 0.357. The van der Waals surface area contributed by atoms with Crippen LogP contribution in [0, 0.1) is 0 Å². The van der Waals surface area contributed by atoms with Gasteiger partial charge in [-0.1, -0.05) is 168 Å². The molecule has 0 rings (SSSR count). The minimum absolute atomic E-state index is 0.178. The zero-order valence-electron chi connectivity index (χ0n) is 28.9. The summed E-state index contributed by atoms with van der Waals surface area (Å²) in [5.41, 5.74) is 0. The molecule has 5 heteroatoms. The molecule has 0 aliphatic carbocycles. The number of carbonyl (C=O) groups excluding carboxylic acids is 2. The summed E-state index contributed by atoms with van der Waals surface area (Å²) >= 11 is 0. The number of unbranched alkanes of at least 4 members (excludes halogenated alkanes) is 24.